The van der Waals surface area contributed by atoms with Crippen molar-refractivity contribution in [2.45, 2.75) is 0 Å². The summed E-state index contributed by atoms with van der Waals surface area (Å²) in [5.74, 6) is -0.642. The molecule has 0 fully saturated rings. The number of hydrogen-bond acceptors (Lipinski definition) is 9. The molecule has 0 radical (unpaired) electrons. The first-order valence-corrected chi connectivity index (χ1v) is 14.8. The van der Waals surface area contributed by atoms with E-state index in [0.717, 1.165) is 27.7 Å². The van der Waals surface area contributed by atoms with Crippen molar-refractivity contribution < 1.29 is 32.7 Å². The van der Waals surface area contributed by atoms with Gasteiger partial charge in [0.15, 0.2) is 23.1 Å². The molecule has 0 saturated carbocycles. The Morgan fingerprint density at radius 2 is 1.19 bits per heavy atom. The van der Waals surface area contributed by atoms with Crippen LogP contribution in [0.5, 0.6) is 11.5 Å². The van der Waals surface area contributed by atoms with E-state index in [-0.39, 0.29) is 30.4 Å². The number of anilines is 1. The minimum absolute atomic E-state index is 0.0274. The molecule has 0 unspecified atom stereocenters. The van der Waals surface area contributed by atoms with Crippen molar-refractivity contribution in [2.75, 3.05) is 46.4 Å². The Morgan fingerprint density at radius 3 is 1.67 bits per heavy atom. The van der Waals surface area contributed by atoms with Crippen molar-refractivity contribution in [1.29, 1.82) is 0 Å². The van der Waals surface area contributed by atoms with Crippen LogP contribution in [0.1, 0.15) is 0 Å². The maximum atomic E-state index is 13.9. The quantitative estimate of drug-likeness (QED) is 0.0733. The van der Waals surface area contributed by atoms with E-state index < -0.39 is 16.6 Å². The number of ether oxygens (including phenoxy) is 4. The van der Waals surface area contributed by atoms with Crippen LogP contribution in [0.25, 0.3) is 44.3 Å². The van der Waals surface area contributed by atoms with Crippen LogP contribution >= 0.6 is 0 Å². The van der Waals surface area contributed by atoms with E-state index in [1.54, 1.807) is 47.8 Å². The van der Waals surface area contributed by atoms with E-state index in [2.05, 4.69) is 10.2 Å². The number of fused-ring (bicyclic) bond motifs is 2. The number of hydrogen-bond donors (Lipinski definition) is 1. The molecule has 0 aliphatic carbocycles. The molecule has 0 spiro atoms. The number of benzene rings is 4. The summed E-state index contributed by atoms with van der Waals surface area (Å²) < 4.78 is 51.8. The zero-order valence-corrected chi connectivity index (χ0v) is 26.8. The highest BCUT2D eigenvalue weighted by molar-refractivity contribution is 5.96. The Labute approximate surface area is 274 Å². The lowest BCUT2D eigenvalue weighted by Gasteiger charge is -2.08. The first-order valence-electron chi connectivity index (χ1n) is 14.8. The van der Waals surface area contributed by atoms with Crippen molar-refractivity contribution in [2.24, 2.45) is 14.1 Å². The third kappa shape index (κ3) is 7.35. The predicted octanol–water partition coefficient (Wildman–Crippen LogP) is 6.30. The van der Waals surface area contributed by atoms with Gasteiger partial charge in [-0.25, -0.2) is 8.78 Å². The van der Waals surface area contributed by atoms with Crippen molar-refractivity contribution in [3.05, 3.63) is 94.5 Å². The number of aromatic nitrogens is 4. The first kappa shape index (κ1) is 33.8. The van der Waals surface area contributed by atoms with Crippen molar-refractivity contribution in [3.63, 3.8) is 0 Å². The molecular formula is C34H34F2N6O6. The topological polar surface area (TPSA) is 142 Å². The van der Waals surface area contributed by atoms with E-state index in [9.17, 15) is 18.9 Å². The van der Waals surface area contributed by atoms with Crippen molar-refractivity contribution in [1.82, 2.24) is 19.6 Å². The van der Waals surface area contributed by atoms with E-state index in [4.69, 9.17) is 24.7 Å². The molecule has 2 aromatic heterocycles. The number of non-ortho nitro benzene ring substituents is 1. The van der Waals surface area contributed by atoms with Crippen LogP contribution in [-0.2, 0) is 23.6 Å². The van der Waals surface area contributed by atoms with Gasteiger partial charge in [0.25, 0.3) is 5.69 Å². The highest BCUT2D eigenvalue weighted by Crippen LogP contribution is 2.34. The highest BCUT2D eigenvalue weighted by atomic mass is 19.1. The van der Waals surface area contributed by atoms with Gasteiger partial charge in [0, 0.05) is 68.0 Å². The van der Waals surface area contributed by atoms with Crippen LogP contribution in [0.2, 0.25) is 0 Å². The van der Waals surface area contributed by atoms with E-state index in [1.807, 2.05) is 25.2 Å². The monoisotopic (exact) mass is 660 g/mol. The summed E-state index contributed by atoms with van der Waals surface area (Å²) in [6.07, 6.45) is 0. The van der Waals surface area contributed by atoms with Crippen LogP contribution in [0.15, 0.2) is 72.8 Å². The highest BCUT2D eigenvalue weighted by Gasteiger charge is 2.17. The number of methoxy groups -OCH3 is 2. The second-order valence-corrected chi connectivity index (χ2v) is 10.7. The van der Waals surface area contributed by atoms with Gasteiger partial charge in [0.05, 0.1) is 29.2 Å². The zero-order valence-electron chi connectivity index (χ0n) is 26.8. The second kappa shape index (κ2) is 14.9. The number of nitrogens with two attached hydrogens (primary N) is 1. The fraction of sp³-hybridized carbons (Fsp3) is 0.235. The van der Waals surface area contributed by atoms with Gasteiger partial charge in [-0.15, -0.1) is 0 Å². The van der Waals surface area contributed by atoms with Crippen LogP contribution in [0.4, 0.5) is 20.2 Å². The average molecular weight is 661 g/mol. The van der Waals surface area contributed by atoms with Gasteiger partial charge in [-0.1, -0.05) is 0 Å². The molecule has 12 nitrogen and oxygen atoms in total. The lowest BCUT2D eigenvalue weighted by molar-refractivity contribution is -0.384. The number of halogens is 2. The summed E-state index contributed by atoms with van der Waals surface area (Å²) in [7, 11) is 6.71. The van der Waals surface area contributed by atoms with E-state index in [0.29, 0.717) is 35.5 Å². The predicted molar refractivity (Wildman–Crippen MR) is 178 cm³/mol. The Morgan fingerprint density at radius 1 is 0.708 bits per heavy atom. The van der Waals surface area contributed by atoms with Gasteiger partial charge in [0.1, 0.15) is 24.6 Å². The summed E-state index contributed by atoms with van der Waals surface area (Å²) in [4.78, 5) is 10.6. The molecule has 14 heteroatoms. The summed E-state index contributed by atoms with van der Waals surface area (Å²) >= 11 is 0. The van der Waals surface area contributed by atoms with Crippen LogP contribution in [0, 0.1) is 21.7 Å². The smallest absolute Gasteiger partial charge is 0.270 e. The lowest BCUT2D eigenvalue weighted by atomic mass is 10.1. The maximum absolute atomic E-state index is 13.9. The summed E-state index contributed by atoms with van der Waals surface area (Å²) in [6.45, 7) is 1.23. The molecule has 0 bridgehead atoms. The summed E-state index contributed by atoms with van der Waals surface area (Å²) in [5, 5.41) is 21.5. The Bertz CT molecular complexity index is 2080. The van der Waals surface area contributed by atoms with Gasteiger partial charge >= 0.3 is 0 Å². The summed E-state index contributed by atoms with van der Waals surface area (Å²) in [6, 6.07) is 19.3. The molecule has 48 heavy (non-hydrogen) atoms. The zero-order chi connectivity index (χ0) is 34.4. The van der Waals surface area contributed by atoms with E-state index in [1.165, 1.54) is 37.4 Å². The first-order chi connectivity index (χ1) is 23.1. The molecule has 250 valence electrons. The molecule has 6 aromatic rings. The normalized spacial score (nSPS) is 11.0. The minimum atomic E-state index is -0.494. The van der Waals surface area contributed by atoms with Crippen LogP contribution < -0.4 is 15.2 Å². The fourth-order valence-electron chi connectivity index (χ4n) is 5.07. The molecule has 0 amide bonds. The Kier molecular flexibility index (Phi) is 10.5. The Hall–Kier alpha value is -5.60. The third-order valence-electron chi connectivity index (χ3n) is 7.42. The molecule has 2 N–H and O–H groups in total. The Balaban J connectivity index is 0.000000188. The number of nitrogens with zero attached hydrogens (tertiary/aromatic N) is 5. The average Bonchev–Trinajstić information content (AvgIpc) is 3.58. The van der Waals surface area contributed by atoms with Gasteiger partial charge < -0.3 is 24.7 Å². The molecule has 0 atom stereocenters. The molecule has 4 aromatic carbocycles. The molecular weight excluding hydrogens is 626 g/mol. The largest absolute Gasteiger partial charge is 0.488 e. The number of nitrogen functional groups attached to an aromatic ring is 1. The minimum Gasteiger partial charge on any atom is -0.488 e. The molecule has 0 aliphatic heterocycles. The van der Waals surface area contributed by atoms with Gasteiger partial charge in [-0.2, -0.15) is 10.2 Å². The van der Waals surface area contributed by atoms with Crippen molar-refractivity contribution in [3.8, 4) is 34.0 Å². The standard InChI is InChI=1S/C17H16FN3O4.C17H18FN3O2/c1-20-15-6-4-12(21(22)23)10-13(15)17(19-20)11-3-5-14(18)16(9-11)25-8-7-24-2;1-21-15-6-4-12(19)10-13(15)17(20-21)11-3-5-14(18)16(9-11)23-8-7-22-2/h3-6,9-10H,7-8H2,1-2H3;3-6,9-10H,7-8,19H2,1-2H3. The van der Waals surface area contributed by atoms with Gasteiger partial charge in [0.2, 0.25) is 0 Å². The van der Waals surface area contributed by atoms with Gasteiger partial charge in [-0.05, 0) is 60.7 Å². The van der Waals surface area contributed by atoms with Crippen LogP contribution in [0.3, 0.4) is 0 Å². The summed E-state index contributed by atoms with van der Waals surface area (Å²) in [5.41, 5.74) is 10.9. The van der Waals surface area contributed by atoms with Gasteiger partial charge in [-0.3, -0.25) is 19.5 Å². The number of rotatable bonds is 11. The number of nitro benzene ring substituents is 1. The van der Waals surface area contributed by atoms with Crippen LogP contribution in [-0.4, -0.2) is 65.1 Å². The number of aryl methyl sites for hydroxylation is 2. The van der Waals surface area contributed by atoms with E-state index >= 15 is 0 Å². The third-order valence-corrected chi connectivity index (χ3v) is 7.42. The second-order valence-electron chi connectivity index (χ2n) is 10.7. The molecule has 0 aliphatic rings. The lowest BCUT2D eigenvalue weighted by Crippen LogP contribution is -2.05. The molecule has 0 saturated heterocycles. The SMILES string of the molecule is COCCOc1cc(-c2nn(C)c3ccc(N)cc23)ccc1F.COCCOc1cc(-c2nn(C)c3ccc([N+](=O)[O-])cc23)ccc1F. The maximum Gasteiger partial charge on any atom is 0.270 e. The number of nitro groups is 1. The molecule has 6 rings (SSSR count). The molecule has 2 heterocycles. The fourth-order valence-corrected chi connectivity index (χ4v) is 5.07. The van der Waals surface area contributed by atoms with Crippen molar-refractivity contribution >= 4 is 33.2 Å².